The molecule has 1 heterocycles. The van der Waals surface area contributed by atoms with Crippen molar-refractivity contribution < 1.29 is 9.47 Å². The molecular formula is C21H27NO2. The molecule has 0 aromatic heterocycles. The first-order chi connectivity index (χ1) is 11.8. The maximum atomic E-state index is 6.07. The summed E-state index contributed by atoms with van der Waals surface area (Å²) in [5.74, 6) is 0.986. The van der Waals surface area contributed by atoms with Crippen LogP contribution in [0, 0.1) is 0 Å². The molecule has 1 aliphatic rings. The van der Waals surface area contributed by atoms with Gasteiger partial charge in [0.1, 0.15) is 11.9 Å². The molecule has 1 aliphatic heterocycles. The fourth-order valence-electron chi connectivity index (χ4n) is 3.33. The second kappa shape index (κ2) is 8.86. The van der Waals surface area contributed by atoms with Gasteiger partial charge in [0.05, 0.1) is 6.10 Å². The van der Waals surface area contributed by atoms with Crippen molar-refractivity contribution in [1.29, 1.82) is 0 Å². The molecule has 0 aliphatic carbocycles. The monoisotopic (exact) mass is 325 g/mol. The molecule has 0 N–H and O–H groups in total. The summed E-state index contributed by atoms with van der Waals surface area (Å²) < 4.78 is 11.7. The molecule has 1 saturated heterocycles. The van der Waals surface area contributed by atoms with E-state index in [-0.39, 0.29) is 6.10 Å². The lowest BCUT2D eigenvalue weighted by Crippen LogP contribution is -2.39. The molecule has 3 rings (SSSR count). The smallest absolute Gasteiger partial charge is 0.119 e. The van der Waals surface area contributed by atoms with Crippen LogP contribution in [-0.4, -0.2) is 37.7 Å². The maximum Gasteiger partial charge on any atom is 0.119 e. The van der Waals surface area contributed by atoms with Gasteiger partial charge in [-0.2, -0.15) is 0 Å². The Labute approximate surface area is 145 Å². The van der Waals surface area contributed by atoms with E-state index in [9.17, 15) is 0 Å². The summed E-state index contributed by atoms with van der Waals surface area (Å²) in [7, 11) is 1.80. The van der Waals surface area contributed by atoms with E-state index in [1.807, 2.05) is 36.4 Å². The Morgan fingerprint density at radius 2 is 1.58 bits per heavy atom. The van der Waals surface area contributed by atoms with Gasteiger partial charge >= 0.3 is 0 Å². The number of hydrogen-bond donors (Lipinski definition) is 0. The lowest BCUT2D eigenvalue weighted by atomic mass is 10.0. The van der Waals surface area contributed by atoms with Crippen LogP contribution in [0.25, 0.3) is 0 Å². The lowest BCUT2D eigenvalue weighted by Gasteiger charge is -2.33. The van der Waals surface area contributed by atoms with Crippen LogP contribution >= 0.6 is 0 Å². The highest BCUT2D eigenvalue weighted by Gasteiger charge is 2.21. The van der Waals surface area contributed by atoms with Crippen molar-refractivity contribution >= 4 is 0 Å². The summed E-state index contributed by atoms with van der Waals surface area (Å²) in [5.41, 5.74) is 1.27. The van der Waals surface area contributed by atoms with Crippen LogP contribution < -0.4 is 4.74 Å². The fraction of sp³-hybridized carbons (Fsp3) is 0.429. The second-order valence-electron chi connectivity index (χ2n) is 6.40. The van der Waals surface area contributed by atoms with Crippen LogP contribution in [0.3, 0.4) is 0 Å². The molecule has 1 atom stereocenters. The van der Waals surface area contributed by atoms with E-state index in [2.05, 4.69) is 29.2 Å². The van der Waals surface area contributed by atoms with Crippen molar-refractivity contribution in [2.24, 2.45) is 0 Å². The maximum absolute atomic E-state index is 6.07. The molecule has 128 valence electrons. The van der Waals surface area contributed by atoms with Gasteiger partial charge in [0.2, 0.25) is 0 Å². The molecule has 0 unspecified atom stereocenters. The minimum Gasteiger partial charge on any atom is -0.490 e. The topological polar surface area (TPSA) is 21.7 Å². The van der Waals surface area contributed by atoms with Gasteiger partial charge in [-0.15, -0.1) is 0 Å². The minimum atomic E-state index is 0.185. The van der Waals surface area contributed by atoms with Crippen molar-refractivity contribution in [2.75, 3.05) is 26.7 Å². The van der Waals surface area contributed by atoms with Crippen molar-refractivity contribution in [2.45, 2.75) is 31.5 Å². The number of piperidine rings is 1. The Morgan fingerprint density at radius 1 is 0.958 bits per heavy atom. The van der Waals surface area contributed by atoms with E-state index in [1.165, 1.54) is 5.56 Å². The minimum absolute atomic E-state index is 0.185. The van der Waals surface area contributed by atoms with Crippen LogP contribution in [0.2, 0.25) is 0 Å². The summed E-state index contributed by atoms with van der Waals surface area (Å²) in [6.07, 6.45) is 3.75. The molecule has 1 fully saturated rings. The van der Waals surface area contributed by atoms with E-state index >= 15 is 0 Å². The number of para-hydroxylation sites is 1. The third-order valence-corrected chi connectivity index (χ3v) is 4.74. The third kappa shape index (κ3) is 4.83. The second-order valence-corrected chi connectivity index (χ2v) is 6.40. The highest BCUT2D eigenvalue weighted by atomic mass is 16.5. The number of rotatable bonds is 7. The molecule has 0 spiro atoms. The zero-order valence-corrected chi connectivity index (χ0v) is 14.4. The zero-order valence-electron chi connectivity index (χ0n) is 14.4. The van der Waals surface area contributed by atoms with Gasteiger partial charge in [0, 0.05) is 26.7 Å². The number of hydrogen-bond acceptors (Lipinski definition) is 3. The van der Waals surface area contributed by atoms with Gasteiger partial charge < -0.3 is 14.4 Å². The predicted molar refractivity (Wildman–Crippen MR) is 97.3 cm³/mol. The van der Waals surface area contributed by atoms with E-state index in [1.54, 1.807) is 7.11 Å². The van der Waals surface area contributed by atoms with E-state index in [0.29, 0.717) is 6.10 Å². The van der Waals surface area contributed by atoms with Crippen molar-refractivity contribution in [3.8, 4) is 5.75 Å². The van der Waals surface area contributed by atoms with E-state index < -0.39 is 0 Å². The van der Waals surface area contributed by atoms with Gasteiger partial charge in [-0.25, -0.2) is 0 Å². The third-order valence-electron chi connectivity index (χ3n) is 4.74. The summed E-state index contributed by atoms with van der Waals surface area (Å²) in [4.78, 5) is 2.53. The fourth-order valence-corrected chi connectivity index (χ4v) is 3.33. The summed E-state index contributed by atoms with van der Waals surface area (Å²) >= 11 is 0. The first kappa shape index (κ1) is 17.0. The summed E-state index contributed by atoms with van der Waals surface area (Å²) in [6, 6.07) is 20.6. The zero-order chi connectivity index (χ0) is 16.6. The molecule has 2 aromatic rings. The predicted octanol–water partition coefficient (Wildman–Crippen LogP) is 4.31. The van der Waals surface area contributed by atoms with Crippen molar-refractivity contribution in [1.82, 2.24) is 4.90 Å². The highest BCUT2D eigenvalue weighted by molar-refractivity contribution is 5.21. The Hall–Kier alpha value is -1.84. The molecule has 2 aromatic carbocycles. The standard InChI is InChI=1S/C21H27NO2/c1-23-21(18-8-4-2-5-9-18)14-17-22-15-12-20(13-16-22)24-19-10-6-3-7-11-19/h2-11,20-21H,12-17H2,1H3/t21-/m1/s1. The van der Waals surface area contributed by atoms with E-state index in [4.69, 9.17) is 9.47 Å². The molecule has 0 amide bonds. The number of nitrogens with zero attached hydrogens (tertiary/aromatic N) is 1. The van der Waals surface area contributed by atoms with Gasteiger partial charge in [-0.05, 0) is 37.0 Å². The molecule has 0 saturated carbocycles. The van der Waals surface area contributed by atoms with Crippen molar-refractivity contribution in [3.05, 3.63) is 66.2 Å². The molecule has 3 nitrogen and oxygen atoms in total. The Balaban J connectivity index is 1.42. The van der Waals surface area contributed by atoms with Crippen LogP contribution in [-0.2, 0) is 4.74 Å². The quantitative estimate of drug-likeness (QED) is 0.757. The first-order valence-electron chi connectivity index (χ1n) is 8.87. The molecule has 0 radical (unpaired) electrons. The number of ether oxygens (including phenoxy) is 2. The average Bonchev–Trinajstić information content (AvgIpc) is 2.65. The van der Waals surface area contributed by atoms with Crippen molar-refractivity contribution in [3.63, 3.8) is 0 Å². The van der Waals surface area contributed by atoms with Gasteiger partial charge in [-0.1, -0.05) is 48.5 Å². The van der Waals surface area contributed by atoms with Gasteiger partial charge in [0.15, 0.2) is 0 Å². The van der Waals surface area contributed by atoms with Crippen LogP contribution in [0.1, 0.15) is 30.9 Å². The SMILES string of the molecule is CO[C@H](CCN1CCC(Oc2ccccc2)CC1)c1ccccc1. The number of methoxy groups -OCH3 is 1. The number of benzene rings is 2. The highest BCUT2D eigenvalue weighted by Crippen LogP contribution is 2.23. The Morgan fingerprint density at radius 3 is 2.21 bits per heavy atom. The largest absolute Gasteiger partial charge is 0.490 e. The first-order valence-corrected chi connectivity index (χ1v) is 8.87. The summed E-state index contributed by atoms with van der Waals surface area (Å²) in [6.45, 7) is 3.27. The van der Waals surface area contributed by atoms with Gasteiger partial charge in [0.25, 0.3) is 0 Å². The van der Waals surface area contributed by atoms with Gasteiger partial charge in [-0.3, -0.25) is 0 Å². The molecule has 0 bridgehead atoms. The number of likely N-dealkylation sites (tertiary alicyclic amines) is 1. The van der Waals surface area contributed by atoms with Crippen LogP contribution in [0.15, 0.2) is 60.7 Å². The Bertz CT molecular complexity index is 579. The molecular weight excluding hydrogens is 298 g/mol. The molecule has 24 heavy (non-hydrogen) atoms. The Kier molecular flexibility index (Phi) is 6.27. The summed E-state index contributed by atoms with van der Waals surface area (Å²) in [5, 5.41) is 0. The van der Waals surface area contributed by atoms with Crippen LogP contribution in [0.4, 0.5) is 0 Å². The average molecular weight is 325 g/mol. The lowest BCUT2D eigenvalue weighted by molar-refractivity contribution is 0.0638. The normalized spacial score (nSPS) is 17.5. The van der Waals surface area contributed by atoms with E-state index in [0.717, 1.165) is 44.6 Å². The molecule has 3 heteroatoms. The van der Waals surface area contributed by atoms with Crippen LogP contribution in [0.5, 0.6) is 5.75 Å².